The van der Waals surface area contributed by atoms with Crippen LogP contribution in [-0.4, -0.2) is 11.9 Å². The van der Waals surface area contributed by atoms with Gasteiger partial charge in [-0.1, -0.05) is 43.9 Å². The van der Waals surface area contributed by atoms with Gasteiger partial charge in [0.15, 0.2) is 0 Å². The quantitative estimate of drug-likeness (QED) is 0.0772. The molecule has 0 bridgehead atoms. The van der Waals surface area contributed by atoms with Crippen molar-refractivity contribution in [2.45, 2.75) is 70.8 Å². The Morgan fingerprint density at radius 1 is 0.919 bits per heavy atom. The minimum Gasteiger partial charge on any atom is -0.458 e. The van der Waals surface area contributed by atoms with Crippen molar-refractivity contribution >= 4 is 29.4 Å². The summed E-state index contributed by atoms with van der Waals surface area (Å²) >= 11 is 0. The van der Waals surface area contributed by atoms with Crippen LogP contribution in [0.4, 0.5) is 11.4 Å². The second kappa shape index (κ2) is 14.9. The van der Waals surface area contributed by atoms with Crippen molar-refractivity contribution in [2.24, 2.45) is 11.8 Å². The largest absolute Gasteiger partial charge is 0.458 e. The number of hydrogen-bond donors (Lipinski definition) is 2. The molecule has 0 spiro atoms. The Labute approximate surface area is 220 Å². The fourth-order valence-corrected chi connectivity index (χ4v) is 4.80. The van der Waals surface area contributed by atoms with Crippen LogP contribution in [0.25, 0.3) is 6.08 Å². The van der Waals surface area contributed by atoms with Crippen LogP contribution in [0.15, 0.2) is 61.2 Å². The molecule has 0 aliphatic heterocycles. The molecule has 6 heteroatoms. The van der Waals surface area contributed by atoms with Crippen LogP contribution >= 0.6 is 0 Å². The monoisotopic (exact) mass is 504 g/mol. The van der Waals surface area contributed by atoms with E-state index in [-0.39, 0.29) is 18.5 Å². The Morgan fingerprint density at radius 2 is 1.59 bits per heavy atom. The first-order valence-electron chi connectivity index (χ1n) is 13.4. The van der Waals surface area contributed by atoms with Crippen LogP contribution in [0, 0.1) is 11.8 Å². The first-order chi connectivity index (χ1) is 17.9. The summed E-state index contributed by atoms with van der Waals surface area (Å²) in [5.74, 6) is 0.626. The Hall–Kier alpha value is -3.54. The minimum atomic E-state index is -0.472. The zero-order chi connectivity index (χ0) is 26.5. The molecule has 3 rings (SSSR count). The molecule has 1 aliphatic carbocycles. The summed E-state index contributed by atoms with van der Waals surface area (Å²) in [7, 11) is 0. The lowest BCUT2D eigenvalue weighted by Gasteiger charge is -2.27. The molecule has 1 aliphatic rings. The van der Waals surface area contributed by atoms with Crippen LogP contribution in [0.2, 0.25) is 0 Å². The van der Waals surface area contributed by atoms with E-state index >= 15 is 0 Å². The predicted octanol–water partition coefficient (Wildman–Crippen LogP) is 6.85. The third kappa shape index (κ3) is 10.2. The SMILES string of the molecule is C=CCCCCCCC1CCC(C(=O)Oc2ccc(C=CC(=O)OCc3cc(N)cc(N)c3)cc2)CC1. The van der Waals surface area contributed by atoms with E-state index in [1.54, 1.807) is 48.5 Å². The Balaban J connectivity index is 1.36. The van der Waals surface area contributed by atoms with Gasteiger partial charge in [-0.25, -0.2) is 4.79 Å². The number of anilines is 2. The molecule has 0 heterocycles. The molecular weight excluding hydrogens is 464 g/mol. The highest BCUT2D eigenvalue weighted by atomic mass is 16.5. The van der Waals surface area contributed by atoms with Crippen LogP contribution in [0.1, 0.15) is 75.3 Å². The van der Waals surface area contributed by atoms with Gasteiger partial charge in [0.2, 0.25) is 0 Å². The van der Waals surface area contributed by atoms with Gasteiger partial charge < -0.3 is 20.9 Å². The van der Waals surface area contributed by atoms with Crippen molar-refractivity contribution in [3.63, 3.8) is 0 Å². The van der Waals surface area contributed by atoms with Gasteiger partial charge in [-0.15, -0.1) is 6.58 Å². The van der Waals surface area contributed by atoms with Crippen LogP contribution in [0.3, 0.4) is 0 Å². The van der Waals surface area contributed by atoms with E-state index in [0.29, 0.717) is 17.1 Å². The van der Waals surface area contributed by atoms with Crippen molar-refractivity contribution in [1.29, 1.82) is 0 Å². The lowest BCUT2D eigenvalue weighted by Crippen LogP contribution is -2.25. The molecule has 1 fully saturated rings. The summed E-state index contributed by atoms with van der Waals surface area (Å²) in [5, 5.41) is 0. The summed E-state index contributed by atoms with van der Waals surface area (Å²) in [5.41, 5.74) is 14.1. The number of nitrogens with two attached hydrogens (primary N) is 2. The van der Waals surface area contributed by atoms with Gasteiger partial charge in [-0.2, -0.15) is 0 Å². The smallest absolute Gasteiger partial charge is 0.331 e. The molecular formula is C31H40N2O4. The normalized spacial score (nSPS) is 17.4. The van der Waals surface area contributed by atoms with E-state index in [2.05, 4.69) is 6.58 Å². The Kier molecular flexibility index (Phi) is 11.3. The van der Waals surface area contributed by atoms with E-state index in [1.807, 2.05) is 6.08 Å². The van der Waals surface area contributed by atoms with Crippen molar-refractivity contribution < 1.29 is 19.1 Å². The standard InChI is InChI=1S/C31H40N2O4/c1-2-3-4-5-6-7-8-23-9-14-26(15-10-23)31(35)37-29-16-11-24(12-17-29)13-18-30(34)36-22-25-19-27(32)21-28(33)20-25/h2,11-13,16-21,23,26H,1,3-10,14-15,22,32-33H2. The number of hydrogen-bond acceptors (Lipinski definition) is 6. The van der Waals surface area contributed by atoms with Crippen molar-refractivity contribution in [2.75, 3.05) is 11.5 Å². The number of ether oxygens (including phenoxy) is 2. The first-order valence-corrected chi connectivity index (χ1v) is 13.4. The molecule has 0 amide bonds. The van der Waals surface area contributed by atoms with Gasteiger partial charge in [0, 0.05) is 17.5 Å². The number of carbonyl (C=O) groups is 2. The van der Waals surface area contributed by atoms with Crippen LogP contribution in [0.5, 0.6) is 5.75 Å². The highest BCUT2D eigenvalue weighted by Gasteiger charge is 2.27. The van der Waals surface area contributed by atoms with Gasteiger partial charge in [-0.05, 0) is 92.0 Å². The maximum Gasteiger partial charge on any atom is 0.331 e. The van der Waals surface area contributed by atoms with Crippen LogP contribution in [-0.2, 0) is 20.9 Å². The lowest BCUT2D eigenvalue weighted by atomic mass is 9.80. The number of rotatable bonds is 13. The average Bonchev–Trinajstić information content (AvgIpc) is 2.89. The third-order valence-electron chi connectivity index (χ3n) is 6.88. The molecule has 4 N–H and O–H groups in total. The number of benzene rings is 2. The van der Waals surface area contributed by atoms with Crippen LogP contribution < -0.4 is 16.2 Å². The summed E-state index contributed by atoms with van der Waals surface area (Å²) < 4.78 is 10.9. The topological polar surface area (TPSA) is 105 Å². The van der Waals surface area contributed by atoms with Gasteiger partial charge in [0.1, 0.15) is 12.4 Å². The fraction of sp³-hybridized carbons (Fsp3) is 0.419. The number of esters is 2. The highest BCUT2D eigenvalue weighted by Crippen LogP contribution is 2.33. The van der Waals surface area contributed by atoms with E-state index < -0.39 is 5.97 Å². The molecule has 0 atom stereocenters. The summed E-state index contributed by atoms with van der Waals surface area (Å²) in [6.07, 6.45) is 16.5. The number of allylic oxidation sites excluding steroid dienone is 1. The average molecular weight is 505 g/mol. The molecule has 2 aromatic rings. The summed E-state index contributed by atoms with van der Waals surface area (Å²) in [6.45, 7) is 3.86. The zero-order valence-corrected chi connectivity index (χ0v) is 21.7. The molecule has 2 aromatic carbocycles. The second-order valence-electron chi connectivity index (χ2n) is 9.94. The fourth-order valence-electron chi connectivity index (χ4n) is 4.80. The van der Waals surface area contributed by atoms with Crippen molar-refractivity contribution in [1.82, 2.24) is 0 Å². The first kappa shape index (κ1) is 28.0. The van der Waals surface area contributed by atoms with Crippen molar-refractivity contribution in [3.05, 3.63) is 72.3 Å². The molecule has 6 nitrogen and oxygen atoms in total. The van der Waals surface area contributed by atoms with E-state index in [0.717, 1.165) is 49.1 Å². The lowest BCUT2D eigenvalue weighted by molar-refractivity contribution is -0.140. The van der Waals surface area contributed by atoms with Gasteiger partial charge >= 0.3 is 11.9 Å². The minimum absolute atomic E-state index is 0.0199. The van der Waals surface area contributed by atoms with E-state index in [9.17, 15) is 9.59 Å². The van der Waals surface area contributed by atoms with Gasteiger partial charge in [0.05, 0.1) is 5.92 Å². The molecule has 37 heavy (non-hydrogen) atoms. The number of nitrogen functional groups attached to an aromatic ring is 2. The maximum atomic E-state index is 12.6. The third-order valence-corrected chi connectivity index (χ3v) is 6.88. The molecule has 1 saturated carbocycles. The Bertz CT molecular complexity index is 1030. The molecule has 0 radical (unpaired) electrons. The Morgan fingerprint density at radius 3 is 2.27 bits per heavy atom. The molecule has 0 saturated heterocycles. The van der Waals surface area contributed by atoms with Crippen molar-refractivity contribution in [3.8, 4) is 5.75 Å². The summed E-state index contributed by atoms with van der Waals surface area (Å²) in [4.78, 5) is 24.7. The molecule has 0 unspecified atom stereocenters. The van der Waals surface area contributed by atoms with Gasteiger partial charge in [0.25, 0.3) is 0 Å². The second-order valence-corrected chi connectivity index (χ2v) is 9.94. The van der Waals surface area contributed by atoms with Gasteiger partial charge in [-0.3, -0.25) is 4.79 Å². The number of unbranched alkanes of at least 4 members (excludes halogenated alkanes) is 4. The highest BCUT2D eigenvalue weighted by molar-refractivity contribution is 5.87. The van der Waals surface area contributed by atoms with E-state index in [4.69, 9.17) is 20.9 Å². The predicted molar refractivity (Wildman–Crippen MR) is 150 cm³/mol. The number of carbonyl (C=O) groups excluding carboxylic acids is 2. The molecule has 0 aromatic heterocycles. The zero-order valence-electron chi connectivity index (χ0n) is 21.7. The molecule has 198 valence electrons. The van der Waals surface area contributed by atoms with E-state index in [1.165, 1.54) is 38.2 Å². The maximum absolute atomic E-state index is 12.6. The summed E-state index contributed by atoms with van der Waals surface area (Å²) in [6, 6.07) is 12.2.